The van der Waals surface area contributed by atoms with Crippen LogP contribution in [0.1, 0.15) is 15.9 Å². The van der Waals surface area contributed by atoms with E-state index in [4.69, 9.17) is 16.3 Å². The Labute approximate surface area is 119 Å². The van der Waals surface area contributed by atoms with E-state index in [1.807, 2.05) is 6.07 Å². The molecule has 0 heterocycles. The molecular weight excluding hydrogens is 316 g/mol. The summed E-state index contributed by atoms with van der Waals surface area (Å²) >= 11 is 9.39. The van der Waals surface area contributed by atoms with Gasteiger partial charge in [0.2, 0.25) is 0 Å². The van der Waals surface area contributed by atoms with Gasteiger partial charge in [0.25, 0.3) is 0 Å². The lowest BCUT2D eigenvalue weighted by Crippen LogP contribution is -2.04. The van der Waals surface area contributed by atoms with Crippen molar-refractivity contribution in [3.8, 4) is 5.75 Å². The molecule has 0 spiro atoms. The van der Waals surface area contributed by atoms with Crippen LogP contribution >= 0.6 is 27.5 Å². The molecule has 2 rings (SSSR count). The van der Waals surface area contributed by atoms with Crippen LogP contribution in [0.5, 0.6) is 5.75 Å². The number of carbonyl (C=O) groups is 1. The molecule has 0 bridgehead atoms. The zero-order valence-corrected chi connectivity index (χ0v) is 12.0. The number of para-hydroxylation sites is 1. The maximum absolute atomic E-state index is 12.4. The molecule has 18 heavy (non-hydrogen) atoms. The third kappa shape index (κ3) is 2.57. The van der Waals surface area contributed by atoms with Crippen molar-refractivity contribution >= 4 is 33.3 Å². The monoisotopic (exact) mass is 324 g/mol. The number of benzene rings is 2. The number of ketones is 1. The van der Waals surface area contributed by atoms with Crippen LogP contribution in [0, 0.1) is 0 Å². The van der Waals surface area contributed by atoms with Crippen LogP contribution < -0.4 is 4.74 Å². The number of hydrogen-bond donors (Lipinski definition) is 0. The van der Waals surface area contributed by atoms with E-state index in [9.17, 15) is 4.79 Å². The van der Waals surface area contributed by atoms with Crippen molar-refractivity contribution in [3.63, 3.8) is 0 Å². The first kappa shape index (κ1) is 13.1. The quantitative estimate of drug-likeness (QED) is 0.785. The van der Waals surface area contributed by atoms with E-state index in [0.29, 0.717) is 21.9 Å². The molecular formula is C14H10BrClO2. The summed E-state index contributed by atoms with van der Waals surface area (Å²) in [4.78, 5) is 12.4. The highest BCUT2D eigenvalue weighted by molar-refractivity contribution is 9.10. The molecule has 2 nitrogen and oxygen atoms in total. The van der Waals surface area contributed by atoms with Crippen LogP contribution in [-0.2, 0) is 0 Å². The van der Waals surface area contributed by atoms with Gasteiger partial charge in [0, 0.05) is 10.0 Å². The second kappa shape index (κ2) is 5.55. The third-order valence-electron chi connectivity index (χ3n) is 2.53. The van der Waals surface area contributed by atoms with Crippen LogP contribution in [-0.4, -0.2) is 12.9 Å². The van der Waals surface area contributed by atoms with Gasteiger partial charge in [0.15, 0.2) is 5.78 Å². The predicted octanol–water partition coefficient (Wildman–Crippen LogP) is 4.34. The molecule has 92 valence electrons. The van der Waals surface area contributed by atoms with Gasteiger partial charge in [0.05, 0.1) is 17.7 Å². The zero-order chi connectivity index (χ0) is 13.1. The van der Waals surface area contributed by atoms with E-state index < -0.39 is 0 Å². The predicted molar refractivity (Wildman–Crippen MR) is 75.6 cm³/mol. The summed E-state index contributed by atoms with van der Waals surface area (Å²) in [5.74, 6) is 0.395. The Kier molecular flexibility index (Phi) is 4.04. The summed E-state index contributed by atoms with van der Waals surface area (Å²) in [6.07, 6.45) is 0. The van der Waals surface area contributed by atoms with Crippen molar-refractivity contribution in [1.29, 1.82) is 0 Å². The average Bonchev–Trinajstić information content (AvgIpc) is 2.38. The molecule has 0 unspecified atom stereocenters. The fourth-order valence-corrected chi connectivity index (χ4v) is 2.41. The molecule has 2 aromatic rings. The number of rotatable bonds is 3. The smallest absolute Gasteiger partial charge is 0.198 e. The second-order valence-electron chi connectivity index (χ2n) is 3.65. The molecule has 4 heteroatoms. The fourth-order valence-electron chi connectivity index (χ4n) is 1.65. The molecule has 0 saturated heterocycles. The molecule has 0 saturated carbocycles. The third-order valence-corrected chi connectivity index (χ3v) is 3.33. The van der Waals surface area contributed by atoms with E-state index >= 15 is 0 Å². The summed E-state index contributed by atoms with van der Waals surface area (Å²) in [7, 11) is 1.54. The average molecular weight is 326 g/mol. The largest absolute Gasteiger partial charge is 0.496 e. The minimum absolute atomic E-state index is 0.148. The van der Waals surface area contributed by atoms with Crippen molar-refractivity contribution in [1.82, 2.24) is 0 Å². The highest BCUT2D eigenvalue weighted by Crippen LogP contribution is 2.27. The van der Waals surface area contributed by atoms with E-state index in [2.05, 4.69) is 15.9 Å². The molecule has 0 amide bonds. The zero-order valence-electron chi connectivity index (χ0n) is 9.61. The molecule has 0 aromatic heterocycles. The molecule has 0 N–H and O–H groups in total. The summed E-state index contributed by atoms with van der Waals surface area (Å²) in [5, 5.41) is 0.417. The summed E-state index contributed by atoms with van der Waals surface area (Å²) in [6.45, 7) is 0. The Balaban J connectivity index is 2.48. The van der Waals surface area contributed by atoms with Crippen molar-refractivity contribution in [2.75, 3.05) is 7.11 Å². The van der Waals surface area contributed by atoms with Crippen molar-refractivity contribution < 1.29 is 9.53 Å². The minimum Gasteiger partial charge on any atom is -0.496 e. The van der Waals surface area contributed by atoms with Gasteiger partial charge in [-0.2, -0.15) is 0 Å². The first-order valence-electron chi connectivity index (χ1n) is 5.26. The lowest BCUT2D eigenvalue weighted by molar-refractivity contribution is 0.103. The van der Waals surface area contributed by atoms with Gasteiger partial charge in [0.1, 0.15) is 5.75 Å². The van der Waals surface area contributed by atoms with Crippen molar-refractivity contribution in [3.05, 3.63) is 63.1 Å². The topological polar surface area (TPSA) is 26.3 Å². The summed E-state index contributed by atoms with van der Waals surface area (Å²) < 4.78 is 6.02. The number of methoxy groups -OCH3 is 1. The Hall–Kier alpha value is -1.32. The first-order valence-corrected chi connectivity index (χ1v) is 6.43. The van der Waals surface area contributed by atoms with E-state index in [0.717, 1.165) is 4.47 Å². The second-order valence-corrected chi connectivity index (χ2v) is 4.98. The number of ether oxygens (including phenoxy) is 1. The highest BCUT2D eigenvalue weighted by Gasteiger charge is 2.16. The van der Waals surface area contributed by atoms with Gasteiger partial charge >= 0.3 is 0 Å². The Morgan fingerprint density at radius 3 is 2.56 bits per heavy atom. The Bertz CT molecular complexity index is 596. The number of carbonyl (C=O) groups excluding carboxylic acids is 1. The molecule has 0 aliphatic carbocycles. The standard InChI is InChI=1S/C14H10BrClO2/c1-18-13-5-3-2-4-11(13)14(17)10-7-6-9(15)8-12(10)16/h2-8H,1H3. The van der Waals surface area contributed by atoms with Gasteiger partial charge in [-0.3, -0.25) is 4.79 Å². The van der Waals surface area contributed by atoms with Crippen molar-refractivity contribution in [2.24, 2.45) is 0 Å². The summed E-state index contributed by atoms with van der Waals surface area (Å²) in [5.41, 5.74) is 0.966. The maximum atomic E-state index is 12.4. The van der Waals surface area contributed by atoms with Gasteiger partial charge in [-0.1, -0.05) is 39.7 Å². The van der Waals surface area contributed by atoms with Gasteiger partial charge in [-0.25, -0.2) is 0 Å². The van der Waals surface area contributed by atoms with E-state index in [1.54, 1.807) is 36.4 Å². The van der Waals surface area contributed by atoms with E-state index in [-0.39, 0.29) is 5.78 Å². The molecule has 0 aliphatic heterocycles. The highest BCUT2D eigenvalue weighted by atomic mass is 79.9. The summed E-state index contributed by atoms with van der Waals surface area (Å²) in [6, 6.07) is 12.3. The number of halogens is 2. The van der Waals surface area contributed by atoms with Crippen LogP contribution in [0.3, 0.4) is 0 Å². The van der Waals surface area contributed by atoms with E-state index in [1.165, 1.54) is 7.11 Å². The van der Waals surface area contributed by atoms with Crippen LogP contribution in [0.25, 0.3) is 0 Å². The Morgan fingerprint density at radius 1 is 1.17 bits per heavy atom. The fraction of sp³-hybridized carbons (Fsp3) is 0.0714. The molecule has 0 aliphatic rings. The van der Waals surface area contributed by atoms with Crippen LogP contribution in [0.15, 0.2) is 46.9 Å². The lowest BCUT2D eigenvalue weighted by atomic mass is 10.0. The Morgan fingerprint density at radius 2 is 1.89 bits per heavy atom. The van der Waals surface area contributed by atoms with Gasteiger partial charge in [-0.05, 0) is 30.3 Å². The first-order chi connectivity index (χ1) is 8.63. The SMILES string of the molecule is COc1ccccc1C(=O)c1ccc(Br)cc1Cl. The molecule has 0 atom stereocenters. The lowest BCUT2D eigenvalue weighted by Gasteiger charge is -2.08. The normalized spacial score (nSPS) is 10.2. The van der Waals surface area contributed by atoms with Crippen LogP contribution in [0.2, 0.25) is 5.02 Å². The van der Waals surface area contributed by atoms with Crippen LogP contribution in [0.4, 0.5) is 0 Å². The molecule has 0 radical (unpaired) electrons. The molecule has 2 aromatic carbocycles. The number of hydrogen-bond acceptors (Lipinski definition) is 2. The van der Waals surface area contributed by atoms with Gasteiger partial charge in [-0.15, -0.1) is 0 Å². The maximum Gasteiger partial charge on any atom is 0.198 e. The van der Waals surface area contributed by atoms with Gasteiger partial charge < -0.3 is 4.74 Å². The molecule has 0 fully saturated rings. The van der Waals surface area contributed by atoms with Crippen molar-refractivity contribution in [2.45, 2.75) is 0 Å². The minimum atomic E-state index is -0.148.